The number of rotatable bonds is 6. The Kier molecular flexibility index (Phi) is 5.58. The van der Waals surface area contributed by atoms with Crippen molar-refractivity contribution in [3.05, 3.63) is 56.7 Å². The smallest absolute Gasteiger partial charge is 0.0802 e. The molecule has 2 nitrogen and oxygen atoms in total. The van der Waals surface area contributed by atoms with Crippen LogP contribution in [0.5, 0.6) is 0 Å². The molecule has 102 valence electrons. The van der Waals surface area contributed by atoms with Crippen LogP contribution in [0.2, 0.25) is 0 Å². The van der Waals surface area contributed by atoms with Crippen LogP contribution in [-0.2, 0) is 6.54 Å². The second-order valence-corrected chi connectivity index (χ2v) is 6.60. The molecule has 1 unspecified atom stereocenters. The summed E-state index contributed by atoms with van der Waals surface area (Å²) in [7, 11) is 2.09. The van der Waals surface area contributed by atoms with Crippen LogP contribution in [-0.4, -0.2) is 23.6 Å². The summed E-state index contributed by atoms with van der Waals surface area (Å²) in [6, 6.07) is 12.0. The predicted molar refractivity (Wildman–Crippen MR) is 84.4 cm³/mol. The average molecular weight is 340 g/mol. The number of halogens is 1. The monoisotopic (exact) mass is 339 g/mol. The fourth-order valence-electron chi connectivity index (χ4n) is 1.97. The first-order valence-electron chi connectivity index (χ1n) is 6.29. The maximum atomic E-state index is 10.1. The van der Waals surface area contributed by atoms with Gasteiger partial charge in [0, 0.05) is 27.8 Å². The average Bonchev–Trinajstić information content (AvgIpc) is 2.82. The predicted octanol–water partition coefficient (Wildman–Crippen LogP) is 4.07. The van der Waals surface area contributed by atoms with Gasteiger partial charge in [0.2, 0.25) is 0 Å². The highest BCUT2D eigenvalue weighted by molar-refractivity contribution is 9.10. The van der Waals surface area contributed by atoms with E-state index in [-0.39, 0.29) is 6.10 Å². The minimum absolute atomic E-state index is 0.376. The lowest BCUT2D eigenvalue weighted by Gasteiger charge is -2.18. The van der Waals surface area contributed by atoms with E-state index < -0.39 is 0 Å². The van der Waals surface area contributed by atoms with Gasteiger partial charge in [-0.15, -0.1) is 11.3 Å². The van der Waals surface area contributed by atoms with Gasteiger partial charge in [0.15, 0.2) is 0 Å². The van der Waals surface area contributed by atoms with Gasteiger partial charge in [-0.25, -0.2) is 0 Å². The van der Waals surface area contributed by atoms with Crippen molar-refractivity contribution in [1.29, 1.82) is 0 Å². The molecular weight excluding hydrogens is 322 g/mol. The number of hydrogen-bond donors (Lipinski definition) is 1. The van der Waals surface area contributed by atoms with E-state index >= 15 is 0 Å². The number of nitrogens with zero attached hydrogens (tertiary/aromatic N) is 1. The third-order valence-corrected chi connectivity index (χ3v) is 4.70. The molecule has 0 radical (unpaired) electrons. The molecule has 0 amide bonds. The van der Waals surface area contributed by atoms with Crippen molar-refractivity contribution >= 4 is 27.3 Å². The summed E-state index contributed by atoms with van der Waals surface area (Å²) >= 11 is 5.22. The van der Waals surface area contributed by atoms with Crippen molar-refractivity contribution in [1.82, 2.24) is 4.90 Å². The van der Waals surface area contributed by atoms with Gasteiger partial charge in [-0.2, -0.15) is 0 Å². The summed E-state index contributed by atoms with van der Waals surface area (Å²) in [5.41, 5.74) is 0.995. The zero-order chi connectivity index (χ0) is 13.7. The van der Waals surface area contributed by atoms with Crippen molar-refractivity contribution in [2.24, 2.45) is 0 Å². The fourth-order valence-corrected chi connectivity index (χ4v) is 3.50. The van der Waals surface area contributed by atoms with Gasteiger partial charge in [-0.05, 0) is 41.0 Å². The molecular formula is C15H18BrNOS. The lowest BCUT2D eigenvalue weighted by molar-refractivity contribution is 0.148. The minimum atomic E-state index is -0.376. The van der Waals surface area contributed by atoms with Crippen LogP contribution in [0.1, 0.15) is 23.0 Å². The third-order valence-electron chi connectivity index (χ3n) is 3.02. The minimum Gasteiger partial charge on any atom is -0.388 e. The van der Waals surface area contributed by atoms with E-state index in [1.54, 1.807) is 11.3 Å². The maximum Gasteiger partial charge on any atom is 0.0802 e. The van der Waals surface area contributed by atoms with Crippen molar-refractivity contribution in [2.45, 2.75) is 19.1 Å². The molecule has 0 fully saturated rings. The van der Waals surface area contributed by atoms with Gasteiger partial charge >= 0.3 is 0 Å². The Hall–Kier alpha value is -0.680. The summed E-state index contributed by atoms with van der Waals surface area (Å²) in [6.07, 6.45) is 0.381. The molecule has 0 aliphatic rings. The van der Waals surface area contributed by atoms with E-state index in [0.717, 1.165) is 29.5 Å². The van der Waals surface area contributed by atoms with Crippen molar-refractivity contribution in [3.8, 4) is 0 Å². The highest BCUT2D eigenvalue weighted by Gasteiger charge is 2.09. The van der Waals surface area contributed by atoms with Crippen molar-refractivity contribution < 1.29 is 5.11 Å². The van der Waals surface area contributed by atoms with Crippen LogP contribution < -0.4 is 0 Å². The summed E-state index contributed by atoms with van der Waals surface area (Å²) in [6.45, 7) is 1.81. The number of hydrogen-bond acceptors (Lipinski definition) is 3. The molecule has 1 heterocycles. The van der Waals surface area contributed by atoms with Crippen molar-refractivity contribution in [3.63, 3.8) is 0 Å². The zero-order valence-electron chi connectivity index (χ0n) is 10.9. The van der Waals surface area contributed by atoms with Crippen LogP contribution in [0.3, 0.4) is 0 Å². The zero-order valence-corrected chi connectivity index (χ0v) is 13.3. The third kappa shape index (κ3) is 4.73. The normalized spacial score (nSPS) is 12.8. The van der Waals surface area contributed by atoms with Crippen LogP contribution in [0.4, 0.5) is 0 Å². The molecule has 1 aromatic carbocycles. The number of aliphatic hydroxyl groups is 1. The Labute approximate surface area is 126 Å². The highest BCUT2D eigenvalue weighted by atomic mass is 79.9. The molecule has 1 atom stereocenters. The Morgan fingerprint density at radius 1 is 1.32 bits per heavy atom. The molecule has 2 aromatic rings. The lowest BCUT2D eigenvalue weighted by Crippen LogP contribution is -2.20. The summed E-state index contributed by atoms with van der Waals surface area (Å²) in [5, 5.41) is 12.2. The molecule has 2 rings (SSSR count). The topological polar surface area (TPSA) is 23.5 Å². The Morgan fingerprint density at radius 2 is 2.05 bits per heavy atom. The quantitative estimate of drug-likeness (QED) is 0.857. The van der Waals surface area contributed by atoms with Gasteiger partial charge < -0.3 is 10.0 Å². The highest BCUT2D eigenvalue weighted by Crippen LogP contribution is 2.21. The molecule has 1 N–H and O–H groups in total. The molecule has 0 aliphatic carbocycles. The van der Waals surface area contributed by atoms with Crippen LogP contribution in [0, 0.1) is 0 Å². The lowest BCUT2D eigenvalue weighted by atomic mass is 10.1. The van der Waals surface area contributed by atoms with Gasteiger partial charge in [0.1, 0.15) is 0 Å². The van der Waals surface area contributed by atoms with Crippen LogP contribution >= 0.6 is 27.3 Å². The SMILES string of the molecule is CN(CCC(O)c1ccccc1)Cc1cc(Br)cs1. The standard InChI is InChI=1S/C15H18BrNOS/c1-17(10-14-9-13(16)11-19-14)8-7-15(18)12-5-3-2-4-6-12/h2-6,9,11,15,18H,7-8,10H2,1H3. The number of aliphatic hydroxyl groups excluding tert-OH is 1. The molecule has 0 bridgehead atoms. The van der Waals surface area contributed by atoms with Crippen LogP contribution in [0.15, 0.2) is 46.3 Å². The molecule has 0 aliphatic heterocycles. The fraction of sp³-hybridized carbons (Fsp3) is 0.333. The first kappa shape index (κ1) is 14.7. The summed E-state index contributed by atoms with van der Waals surface area (Å²) in [4.78, 5) is 3.58. The van der Waals surface area contributed by atoms with E-state index in [0.29, 0.717) is 0 Å². The van der Waals surface area contributed by atoms with E-state index in [4.69, 9.17) is 0 Å². The van der Waals surface area contributed by atoms with Gasteiger partial charge in [0.25, 0.3) is 0 Å². The van der Waals surface area contributed by atoms with Gasteiger partial charge in [-0.3, -0.25) is 0 Å². The van der Waals surface area contributed by atoms with E-state index in [1.165, 1.54) is 4.88 Å². The molecule has 0 spiro atoms. The molecule has 4 heteroatoms. The Bertz CT molecular complexity index is 500. The largest absolute Gasteiger partial charge is 0.388 e. The van der Waals surface area contributed by atoms with Gasteiger partial charge in [0.05, 0.1) is 6.10 Å². The molecule has 19 heavy (non-hydrogen) atoms. The summed E-state index contributed by atoms with van der Waals surface area (Å²) < 4.78 is 1.14. The van der Waals surface area contributed by atoms with E-state index in [9.17, 15) is 5.11 Å². The van der Waals surface area contributed by atoms with Crippen LogP contribution in [0.25, 0.3) is 0 Å². The Morgan fingerprint density at radius 3 is 2.68 bits per heavy atom. The first-order valence-corrected chi connectivity index (χ1v) is 7.97. The second kappa shape index (κ2) is 7.20. The number of benzene rings is 1. The molecule has 0 saturated carbocycles. The van der Waals surface area contributed by atoms with E-state index in [2.05, 4.69) is 39.3 Å². The number of thiophene rings is 1. The maximum absolute atomic E-state index is 10.1. The second-order valence-electron chi connectivity index (χ2n) is 4.68. The molecule has 0 saturated heterocycles. The summed E-state index contributed by atoms with van der Waals surface area (Å²) in [5.74, 6) is 0. The Balaban J connectivity index is 1.79. The van der Waals surface area contributed by atoms with E-state index in [1.807, 2.05) is 30.3 Å². The van der Waals surface area contributed by atoms with Crippen molar-refractivity contribution in [2.75, 3.05) is 13.6 Å². The molecule has 1 aromatic heterocycles. The van der Waals surface area contributed by atoms with Gasteiger partial charge in [-0.1, -0.05) is 30.3 Å². The first-order chi connectivity index (χ1) is 9.15.